The number of carbonyl (C=O) groups is 2. The van der Waals surface area contributed by atoms with Gasteiger partial charge in [-0.3, -0.25) is 9.59 Å². The maximum Gasteiger partial charge on any atom is 0.252 e. The number of rotatable bonds is 4. The Morgan fingerprint density at radius 1 is 1.44 bits per heavy atom. The van der Waals surface area contributed by atoms with Crippen LogP contribution in [0.2, 0.25) is 0 Å². The van der Waals surface area contributed by atoms with Crippen molar-refractivity contribution in [2.75, 3.05) is 6.54 Å². The standard InChI is InChI=1S/C11H13BrN2O2/c1-7-2-3-8(9(12)6-7)11(16)14-5-4-10(13)15/h2-3,6H,4-5H2,1H3,(H2,13,15)(H,14,16). The summed E-state index contributed by atoms with van der Waals surface area (Å²) in [5.74, 6) is -0.642. The number of nitrogens with one attached hydrogen (secondary N) is 1. The third-order valence-corrected chi connectivity index (χ3v) is 2.68. The van der Waals surface area contributed by atoms with Crippen LogP contribution in [0.4, 0.5) is 0 Å². The van der Waals surface area contributed by atoms with Crippen LogP contribution in [-0.4, -0.2) is 18.4 Å². The average Bonchev–Trinajstić information content (AvgIpc) is 2.16. The second kappa shape index (κ2) is 5.65. The van der Waals surface area contributed by atoms with Crippen LogP contribution in [-0.2, 0) is 4.79 Å². The van der Waals surface area contributed by atoms with Crippen LogP contribution in [0.25, 0.3) is 0 Å². The molecule has 0 atom stereocenters. The Morgan fingerprint density at radius 3 is 2.69 bits per heavy atom. The van der Waals surface area contributed by atoms with E-state index in [0.29, 0.717) is 5.56 Å². The van der Waals surface area contributed by atoms with E-state index in [1.807, 2.05) is 19.1 Å². The first-order valence-electron chi connectivity index (χ1n) is 4.83. The van der Waals surface area contributed by atoms with Crippen molar-refractivity contribution < 1.29 is 9.59 Å². The van der Waals surface area contributed by atoms with E-state index in [2.05, 4.69) is 21.2 Å². The van der Waals surface area contributed by atoms with E-state index in [0.717, 1.165) is 10.0 Å². The van der Waals surface area contributed by atoms with Gasteiger partial charge >= 0.3 is 0 Å². The fourth-order valence-electron chi connectivity index (χ4n) is 1.20. The smallest absolute Gasteiger partial charge is 0.252 e. The minimum Gasteiger partial charge on any atom is -0.370 e. The van der Waals surface area contributed by atoms with E-state index in [4.69, 9.17) is 5.73 Å². The van der Waals surface area contributed by atoms with Gasteiger partial charge in [0, 0.05) is 17.4 Å². The molecule has 2 amide bonds. The third kappa shape index (κ3) is 3.66. The molecular formula is C11H13BrN2O2. The number of aryl methyl sites for hydroxylation is 1. The molecule has 3 N–H and O–H groups in total. The van der Waals surface area contributed by atoms with Gasteiger partial charge in [-0.15, -0.1) is 0 Å². The number of benzene rings is 1. The maximum atomic E-state index is 11.7. The molecular weight excluding hydrogens is 272 g/mol. The van der Waals surface area contributed by atoms with Crippen molar-refractivity contribution in [2.45, 2.75) is 13.3 Å². The summed E-state index contributed by atoms with van der Waals surface area (Å²) in [6.07, 6.45) is 0.148. The summed E-state index contributed by atoms with van der Waals surface area (Å²) in [5, 5.41) is 2.62. The lowest BCUT2D eigenvalue weighted by Crippen LogP contribution is -2.28. The van der Waals surface area contributed by atoms with Gasteiger partial charge in [0.25, 0.3) is 5.91 Å². The molecule has 0 bridgehead atoms. The highest BCUT2D eigenvalue weighted by molar-refractivity contribution is 9.10. The van der Waals surface area contributed by atoms with Crippen LogP contribution in [0.3, 0.4) is 0 Å². The molecule has 0 radical (unpaired) electrons. The molecule has 0 unspecified atom stereocenters. The monoisotopic (exact) mass is 284 g/mol. The van der Waals surface area contributed by atoms with Crippen LogP contribution >= 0.6 is 15.9 Å². The molecule has 5 heteroatoms. The predicted octanol–water partition coefficient (Wildman–Crippen LogP) is 1.36. The molecule has 1 rings (SSSR count). The van der Waals surface area contributed by atoms with E-state index < -0.39 is 5.91 Å². The number of hydrogen-bond donors (Lipinski definition) is 2. The second-order valence-electron chi connectivity index (χ2n) is 3.46. The topological polar surface area (TPSA) is 72.2 Å². The van der Waals surface area contributed by atoms with Crippen LogP contribution in [0.5, 0.6) is 0 Å². The van der Waals surface area contributed by atoms with Crippen LogP contribution in [0, 0.1) is 6.92 Å². The van der Waals surface area contributed by atoms with Gasteiger partial charge < -0.3 is 11.1 Å². The van der Waals surface area contributed by atoms with Gasteiger partial charge in [0.2, 0.25) is 5.91 Å². The Bertz CT molecular complexity index is 418. The van der Waals surface area contributed by atoms with Gasteiger partial charge in [0.05, 0.1) is 5.56 Å². The predicted molar refractivity (Wildman–Crippen MR) is 65.0 cm³/mol. The lowest BCUT2D eigenvalue weighted by atomic mass is 10.1. The fourth-order valence-corrected chi connectivity index (χ4v) is 1.87. The second-order valence-corrected chi connectivity index (χ2v) is 4.31. The zero-order valence-corrected chi connectivity index (χ0v) is 10.5. The zero-order valence-electron chi connectivity index (χ0n) is 8.92. The Labute approximate surface area is 102 Å². The lowest BCUT2D eigenvalue weighted by molar-refractivity contribution is -0.117. The summed E-state index contributed by atoms with van der Waals surface area (Å²) in [6.45, 7) is 2.20. The summed E-state index contributed by atoms with van der Waals surface area (Å²) < 4.78 is 0.740. The van der Waals surface area contributed by atoms with Crippen LogP contribution < -0.4 is 11.1 Å². The van der Waals surface area contributed by atoms with Crippen molar-refractivity contribution in [2.24, 2.45) is 5.73 Å². The van der Waals surface area contributed by atoms with Crippen LogP contribution in [0.1, 0.15) is 22.3 Å². The van der Waals surface area contributed by atoms with E-state index in [-0.39, 0.29) is 18.9 Å². The summed E-state index contributed by atoms with van der Waals surface area (Å²) >= 11 is 3.32. The summed E-state index contributed by atoms with van der Waals surface area (Å²) in [6, 6.07) is 5.45. The number of hydrogen-bond acceptors (Lipinski definition) is 2. The Morgan fingerprint density at radius 2 is 2.12 bits per heavy atom. The molecule has 0 aliphatic rings. The highest BCUT2D eigenvalue weighted by Crippen LogP contribution is 2.17. The van der Waals surface area contributed by atoms with Crippen molar-refractivity contribution in [3.63, 3.8) is 0 Å². The first-order valence-corrected chi connectivity index (χ1v) is 5.62. The number of amides is 2. The quantitative estimate of drug-likeness (QED) is 0.876. The van der Waals surface area contributed by atoms with Gasteiger partial charge in [-0.25, -0.2) is 0 Å². The van der Waals surface area contributed by atoms with E-state index in [1.54, 1.807) is 6.07 Å². The molecule has 0 saturated carbocycles. The van der Waals surface area contributed by atoms with Gasteiger partial charge in [-0.1, -0.05) is 6.07 Å². The third-order valence-electron chi connectivity index (χ3n) is 2.03. The number of halogens is 1. The molecule has 0 aromatic heterocycles. The zero-order chi connectivity index (χ0) is 12.1. The van der Waals surface area contributed by atoms with Crippen molar-refractivity contribution in [3.05, 3.63) is 33.8 Å². The summed E-state index contributed by atoms with van der Waals surface area (Å²) in [7, 11) is 0. The molecule has 0 aliphatic heterocycles. The first kappa shape index (κ1) is 12.7. The molecule has 0 saturated heterocycles. The molecule has 1 aromatic carbocycles. The first-order chi connectivity index (χ1) is 7.50. The van der Waals surface area contributed by atoms with Crippen molar-refractivity contribution in [3.8, 4) is 0 Å². The van der Waals surface area contributed by atoms with Gasteiger partial charge in [0.15, 0.2) is 0 Å². The van der Waals surface area contributed by atoms with Crippen molar-refractivity contribution in [1.29, 1.82) is 0 Å². The van der Waals surface area contributed by atoms with Gasteiger partial charge in [-0.05, 0) is 40.5 Å². The van der Waals surface area contributed by atoms with Gasteiger partial charge in [-0.2, -0.15) is 0 Å². The maximum absolute atomic E-state index is 11.7. The lowest BCUT2D eigenvalue weighted by Gasteiger charge is -2.06. The SMILES string of the molecule is Cc1ccc(C(=O)NCCC(N)=O)c(Br)c1. The fraction of sp³-hybridized carbons (Fsp3) is 0.273. The Kier molecular flexibility index (Phi) is 4.49. The van der Waals surface area contributed by atoms with Crippen molar-refractivity contribution >= 4 is 27.7 Å². The van der Waals surface area contributed by atoms with E-state index in [1.165, 1.54) is 0 Å². The molecule has 0 fully saturated rings. The molecule has 0 aliphatic carbocycles. The van der Waals surface area contributed by atoms with Gasteiger partial charge in [0.1, 0.15) is 0 Å². The Hall–Kier alpha value is -1.36. The molecule has 4 nitrogen and oxygen atoms in total. The summed E-state index contributed by atoms with van der Waals surface area (Å²) in [4.78, 5) is 22.2. The molecule has 0 heterocycles. The van der Waals surface area contributed by atoms with E-state index in [9.17, 15) is 9.59 Å². The largest absolute Gasteiger partial charge is 0.370 e. The van der Waals surface area contributed by atoms with Crippen LogP contribution in [0.15, 0.2) is 22.7 Å². The summed E-state index contributed by atoms with van der Waals surface area (Å²) in [5.41, 5.74) is 6.59. The number of nitrogens with two attached hydrogens (primary N) is 1. The van der Waals surface area contributed by atoms with E-state index >= 15 is 0 Å². The van der Waals surface area contributed by atoms with Crippen molar-refractivity contribution in [1.82, 2.24) is 5.32 Å². The average molecular weight is 285 g/mol. The minimum absolute atomic E-state index is 0.148. The minimum atomic E-state index is -0.428. The number of carbonyl (C=O) groups excluding carboxylic acids is 2. The Balaban J connectivity index is 2.63. The normalized spacial score (nSPS) is 9.88. The number of primary amides is 1. The highest BCUT2D eigenvalue weighted by Gasteiger charge is 2.09. The molecule has 86 valence electrons. The molecule has 1 aromatic rings. The molecule has 0 spiro atoms. The highest BCUT2D eigenvalue weighted by atomic mass is 79.9. The molecule has 16 heavy (non-hydrogen) atoms.